The molecule has 7 heteroatoms. The summed E-state index contributed by atoms with van der Waals surface area (Å²) in [6.07, 6.45) is 6.30. The second kappa shape index (κ2) is 8.04. The Bertz CT molecular complexity index is 1110. The van der Waals surface area contributed by atoms with Crippen LogP contribution in [0.1, 0.15) is 82.1 Å². The van der Waals surface area contributed by atoms with Gasteiger partial charge in [0, 0.05) is 17.7 Å². The van der Waals surface area contributed by atoms with Gasteiger partial charge in [-0.15, -0.1) is 0 Å². The average Bonchev–Trinajstić information content (AvgIpc) is 2.77. The minimum atomic E-state index is -0.550. The fourth-order valence-electron chi connectivity index (χ4n) is 7.02. The van der Waals surface area contributed by atoms with Crippen molar-refractivity contribution >= 4 is 17.7 Å². The quantitative estimate of drug-likeness (QED) is 0.532. The van der Waals surface area contributed by atoms with Gasteiger partial charge in [0.05, 0.1) is 7.11 Å². The molecule has 1 amide bonds. The molecule has 172 valence electrons. The first-order valence-corrected chi connectivity index (χ1v) is 11.6. The number of nitrogens with zero attached hydrogens (tertiary/aromatic N) is 2. The molecule has 2 atom stereocenters. The third-order valence-corrected chi connectivity index (χ3v) is 7.65. The molecule has 1 N–H and O–H groups in total. The van der Waals surface area contributed by atoms with Crippen molar-refractivity contribution in [1.82, 2.24) is 15.3 Å². The van der Waals surface area contributed by atoms with Gasteiger partial charge in [-0.2, -0.15) is 0 Å². The van der Waals surface area contributed by atoms with Crippen molar-refractivity contribution in [3.8, 4) is 0 Å². The lowest BCUT2D eigenvalue weighted by Crippen LogP contribution is -2.63. The van der Waals surface area contributed by atoms with E-state index in [-0.39, 0.29) is 28.3 Å². The minimum Gasteiger partial charge on any atom is -0.464 e. The second-order valence-corrected chi connectivity index (χ2v) is 10.4. The highest BCUT2D eigenvalue weighted by Crippen LogP contribution is 2.63. The van der Waals surface area contributed by atoms with Crippen LogP contribution in [0.3, 0.4) is 0 Å². The van der Waals surface area contributed by atoms with Gasteiger partial charge in [-0.3, -0.25) is 9.59 Å². The Morgan fingerprint density at radius 1 is 0.970 bits per heavy atom. The molecule has 33 heavy (non-hydrogen) atoms. The molecule has 2 heterocycles. The van der Waals surface area contributed by atoms with Crippen LogP contribution in [0.15, 0.2) is 36.4 Å². The number of aromatic nitrogens is 2. The zero-order chi connectivity index (χ0) is 23.2. The Hall–Kier alpha value is -3.09. The molecule has 2 aromatic rings. The summed E-state index contributed by atoms with van der Waals surface area (Å²) in [6.45, 7) is 1.88. The molecule has 0 aromatic carbocycles. The van der Waals surface area contributed by atoms with Gasteiger partial charge in [-0.25, -0.2) is 14.8 Å². The molecule has 4 aliphatic rings. The summed E-state index contributed by atoms with van der Waals surface area (Å²) in [6, 6.07) is 10.4. The Kier molecular flexibility index (Phi) is 5.30. The summed E-state index contributed by atoms with van der Waals surface area (Å²) in [5, 5.41) is 3.35. The topological polar surface area (TPSA) is 98.2 Å². The van der Waals surface area contributed by atoms with Gasteiger partial charge in [0.1, 0.15) is 17.1 Å². The van der Waals surface area contributed by atoms with Gasteiger partial charge in [0.2, 0.25) is 0 Å². The monoisotopic (exact) mass is 447 g/mol. The molecule has 0 radical (unpaired) electrons. The molecule has 0 aliphatic heterocycles. The Morgan fingerprint density at radius 3 is 2.33 bits per heavy atom. The normalized spacial score (nSPS) is 29.5. The predicted octanol–water partition coefficient (Wildman–Crippen LogP) is 3.91. The van der Waals surface area contributed by atoms with Gasteiger partial charge in [0.15, 0.2) is 5.78 Å². The van der Waals surface area contributed by atoms with E-state index in [1.807, 2.05) is 19.1 Å². The number of carbonyl (C=O) groups is 3. The Labute approximate surface area is 193 Å². The maximum atomic E-state index is 13.3. The fourth-order valence-corrected chi connectivity index (χ4v) is 7.02. The van der Waals surface area contributed by atoms with Crippen LogP contribution in [0.4, 0.5) is 0 Å². The molecule has 4 fully saturated rings. The van der Waals surface area contributed by atoms with Crippen LogP contribution >= 0.6 is 0 Å². The van der Waals surface area contributed by atoms with Gasteiger partial charge >= 0.3 is 5.97 Å². The summed E-state index contributed by atoms with van der Waals surface area (Å²) < 4.78 is 4.74. The summed E-state index contributed by atoms with van der Waals surface area (Å²) in [4.78, 5) is 46.8. The largest absolute Gasteiger partial charge is 0.464 e. The predicted molar refractivity (Wildman–Crippen MR) is 121 cm³/mol. The van der Waals surface area contributed by atoms with E-state index in [9.17, 15) is 14.4 Å². The molecule has 2 unspecified atom stereocenters. The molecular formula is C26H29N3O4. The van der Waals surface area contributed by atoms with Crippen LogP contribution in [-0.4, -0.2) is 40.3 Å². The number of methoxy groups -OCH3 is 1. The number of ether oxygens (including phenoxy) is 1. The van der Waals surface area contributed by atoms with Crippen molar-refractivity contribution in [3.63, 3.8) is 0 Å². The van der Waals surface area contributed by atoms with E-state index in [0.29, 0.717) is 29.6 Å². The highest BCUT2D eigenvalue weighted by molar-refractivity contribution is 5.96. The van der Waals surface area contributed by atoms with E-state index in [4.69, 9.17) is 4.74 Å². The van der Waals surface area contributed by atoms with Crippen molar-refractivity contribution in [1.29, 1.82) is 0 Å². The standard InChI is InChI=1S/C26H29N3O4/c1-16-5-3-7-20(27-16)23(31)29-26-12-17-9-18(13-26)11-25(10-17,15-26)14-22(30)19-6-4-8-21(28-19)24(32)33-2/h3-8,17-18H,9-15H2,1-2H3,(H,29,31). The number of rotatable bonds is 6. The lowest BCUT2D eigenvalue weighted by atomic mass is 9.46. The van der Waals surface area contributed by atoms with E-state index in [1.165, 1.54) is 13.5 Å². The summed E-state index contributed by atoms with van der Waals surface area (Å²) in [5.41, 5.74) is 1.28. The number of esters is 1. The zero-order valence-electron chi connectivity index (χ0n) is 19.1. The smallest absolute Gasteiger partial charge is 0.356 e. The molecule has 0 saturated heterocycles. The van der Waals surface area contributed by atoms with Gasteiger partial charge in [-0.05, 0) is 87.0 Å². The fraction of sp³-hybridized carbons (Fsp3) is 0.500. The number of pyridine rings is 2. The Balaban J connectivity index is 1.36. The van der Waals surface area contributed by atoms with Crippen molar-refractivity contribution in [3.05, 3.63) is 59.2 Å². The lowest BCUT2D eigenvalue weighted by Gasteiger charge is -2.62. The molecular weight excluding hydrogens is 418 g/mol. The lowest BCUT2D eigenvalue weighted by molar-refractivity contribution is -0.0771. The highest BCUT2D eigenvalue weighted by Gasteiger charge is 2.58. The third kappa shape index (κ3) is 4.16. The number of aryl methyl sites for hydroxylation is 1. The average molecular weight is 448 g/mol. The summed E-state index contributed by atoms with van der Waals surface area (Å²) >= 11 is 0. The SMILES string of the molecule is COC(=O)c1cccc(C(=O)CC23CC4CC(C2)CC(NC(=O)c2cccc(C)n2)(C4)C3)n1. The first-order chi connectivity index (χ1) is 15.8. The van der Waals surface area contributed by atoms with Crippen molar-refractivity contribution in [2.24, 2.45) is 17.3 Å². The van der Waals surface area contributed by atoms with Crippen LogP contribution in [0.25, 0.3) is 0 Å². The summed E-state index contributed by atoms with van der Waals surface area (Å²) in [7, 11) is 1.30. The van der Waals surface area contributed by atoms with Crippen LogP contribution < -0.4 is 5.32 Å². The molecule has 2 aromatic heterocycles. The number of hydrogen-bond acceptors (Lipinski definition) is 6. The van der Waals surface area contributed by atoms with Crippen LogP contribution in [0.5, 0.6) is 0 Å². The first kappa shape index (κ1) is 21.7. The van der Waals surface area contributed by atoms with E-state index >= 15 is 0 Å². The first-order valence-electron chi connectivity index (χ1n) is 11.6. The number of nitrogens with one attached hydrogen (secondary N) is 1. The number of Topliss-reactive ketones (excluding diaryl/α,β-unsaturated/α-hetero) is 1. The third-order valence-electron chi connectivity index (χ3n) is 7.65. The van der Waals surface area contributed by atoms with Gasteiger partial charge in [-0.1, -0.05) is 12.1 Å². The van der Waals surface area contributed by atoms with Crippen molar-refractivity contribution in [2.45, 2.75) is 57.4 Å². The molecule has 4 saturated carbocycles. The molecule has 4 bridgehead atoms. The summed E-state index contributed by atoms with van der Waals surface area (Å²) in [5.74, 6) is 0.295. The van der Waals surface area contributed by atoms with E-state index < -0.39 is 5.97 Å². The highest BCUT2D eigenvalue weighted by atomic mass is 16.5. The zero-order valence-corrected chi connectivity index (χ0v) is 19.1. The minimum absolute atomic E-state index is 0.0514. The van der Waals surface area contributed by atoms with E-state index in [0.717, 1.165) is 37.8 Å². The van der Waals surface area contributed by atoms with Gasteiger partial charge in [0.25, 0.3) is 5.91 Å². The number of carbonyl (C=O) groups excluding carboxylic acids is 3. The second-order valence-electron chi connectivity index (χ2n) is 10.4. The maximum Gasteiger partial charge on any atom is 0.356 e. The number of ketones is 1. The number of amides is 1. The maximum absolute atomic E-state index is 13.3. The van der Waals surface area contributed by atoms with Crippen molar-refractivity contribution < 1.29 is 19.1 Å². The van der Waals surface area contributed by atoms with E-state index in [2.05, 4.69) is 15.3 Å². The Morgan fingerprint density at radius 2 is 1.64 bits per heavy atom. The van der Waals surface area contributed by atoms with Crippen molar-refractivity contribution in [2.75, 3.05) is 7.11 Å². The molecule has 7 nitrogen and oxygen atoms in total. The van der Waals surface area contributed by atoms with Crippen LogP contribution in [0, 0.1) is 24.2 Å². The van der Waals surface area contributed by atoms with Crippen LogP contribution in [0.2, 0.25) is 0 Å². The number of hydrogen-bond donors (Lipinski definition) is 1. The van der Waals surface area contributed by atoms with Gasteiger partial charge < -0.3 is 10.1 Å². The van der Waals surface area contributed by atoms with E-state index in [1.54, 1.807) is 24.3 Å². The molecule has 6 rings (SSSR count). The molecule has 4 aliphatic carbocycles. The molecule has 0 spiro atoms. The van der Waals surface area contributed by atoms with Crippen LogP contribution in [-0.2, 0) is 4.74 Å².